The van der Waals surface area contributed by atoms with Gasteiger partial charge in [-0.1, -0.05) is 0 Å². The maximum atomic E-state index is 11.3. The summed E-state index contributed by atoms with van der Waals surface area (Å²) in [5.41, 5.74) is 0. The van der Waals surface area contributed by atoms with Gasteiger partial charge in [0.1, 0.15) is 24.4 Å². The first kappa shape index (κ1) is 9.57. The van der Waals surface area contributed by atoms with Gasteiger partial charge >= 0.3 is 5.97 Å². The predicted octanol–water partition coefficient (Wildman–Crippen LogP) is -0.392. The minimum Gasteiger partial charge on any atom is -0.462 e. The van der Waals surface area contributed by atoms with E-state index < -0.39 is 6.10 Å². The standard InChI is InChI=1S/C10H14O5/c1-4-2-6-9(14-6)10-8(15-10)5(11)3-7(12)13-4/h4-6,8-11H,2-3H2,1H3/t4-,5-,6+,8-,9+,10-/m1/s1. The Morgan fingerprint density at radius 3 is 2.87 bits per heavy atom. The first-order valence-electron chi connectivity index (χ1n) is 5.33. The van der Waals surface area contributed by atoms with Gasteiger partial charge in [0.25, 0.3) is 0 Å². The second kappa shape index (κ2) is 3.17. The summed E-state index contributed by atoms with van der Waals surface area (Å²) in [6.07, 6.45) is -0.171. The average molecular weight is 214 g/mol. The molecule has 6 atom stereocenters. The number of aliphatic hydroxyl groups is 1. The Labute approximate surface area is 87.3 Å². The molecule has 0 radical (unpaired) electrons. The topological polar surface area (TPSA) is 71.6 Å². The molecule has 0 aliphatic carbocycles. The van der Waals surface area contributed by atoms with Crippen LogP contribution in [0.25, 0.3) is 0 Å². The molecular weight excluding hydrogens is 200 g/mol. The lowest BCUT2D eigenvalue weighted by Gasteiger charge is -2.14. The molecular formula is C10H14O5. The molecule has 0 spiro atoms. The number of hydrogen-bond donors (Lipinski definition) is 1. The Morgan fingerprint density at radius 1 is 1.27 bits per heavy atom. The number of epoxide rings is 2. The predicted molar refractivity (Wildman–Crippen MR) is 48.1 cm³/mol. The van der Waals surface area contributed by atoms with Gasteiger partial charge in [-0.3, -0.25) is 4.79 Å². The van der Waals surface area contributed by atoms with E-state index in [1.807, 2.05) is 6.92 Å². The molecule has 3 aliphatic heterocycles. The highest BCUT2D eigenvalue weighted by Crippen LogP contribution is 2.43. The molecule has 0 aromatic heterocycles. The maximum absolute atomic E-state index is 11.3. The number of esters is 1. The quantitative estimate of drug-likeness (QED) is 0.439. The average Bonchev–Trinajstić information content (AvgIpc) is 2.92. The molecule has 0 bridgehead atoms. The zero-order valence-corrected chi connectivity index (χ0v) is 8.46. The number of carbonyl (C=O) groups excluding carboxylic acids is 1. The molecule has 5 heteroatoms. The number of carbonyl (C=O) groups is 1. The maximum Gasteiger partial charge on any atom is 0.308 e. The smallest absolute Gasteiger partial charge is 0.308 e. The van der Waals surface area contributed by atoms with Gasteiger partial charge in [0, 0.05) is 6.42 Å². The van der Waals surface area contributed by atoms with Crippen LogP contribution >= 0.6 is 0 Å². The Bertz CT molecular complexity index is 292. The van der Waals surface area contributed by atoms with Crippen LogP contribution in [0.2, 0.25) is 0 Å². The van der Waals surface area contributed by atoms with Crippen LogP contribution in [-0.2, 0) is 19.0 Å². The van der Waals surface area contributed by atoms with Crippen molar-refractivity contribution in [1.29, 1.82) is 0 Å². The fourth-order valence-electron chi connectivity index (χ4n) is 2.28. The van der Waals surface area contributed by atoms with Gasteiger partial charge in [-0.15, -0.1) is 0 Å². The minimum absolute atomic E-state index is 0.0110. The molecule has 3 fully saturated rings. The van der Waals surface area contributed by atoms with E-state index in [0.29, 0.717) is 0 Å². The van der Waals surface area contributed by atoms with E-state index in [1.165, 1.54) is 0 Å². The number of ether oxygens (including phenoxy) is 3. The number of cyclic esters (lactones) is 1. The summed E-state index contributed by atoms with van der Waals surface area (Å²) in [6, 6.07) is 0. The highest BCUT2D eigenvalue weighted by molar-refractivity contribution is 5.70. The fourth-order valence-corrected chi connectivity index (χ4v) is 2.28. The van der Waals surface area contributed by atoms with E-state index in [4.69, 9.17) is 14.2 Å². The molecule has 5 nitrogen and oxygen atoms in total. The first-order chi connectivity index (χ1) is 7.15. The first-order valence-corrected chi connectivity index (χ1v) is 5.33. The van der Waals surface area contributed by atoms with E-state index in [2.05, 4.69) is 0 Å². The van der Waals surface area contributed by atoms with Gasteiger partial charge in [-0.05, 0) is 6.92 Å². The molecule has 0 aromatic rings. The SMILES string of the molecule is C[C@@H]1C[C@@H]2O[C@@H]2[C@@H]2O[C@@H]2[C@H](O)CC(=O)O1. The summed E-state index contributed by atoms with van der Waals surface area (Å²) in [6.45, 7) is 1.84. The van der Waals surface area contributed by atoms with Crippen molar-refractivity contribution in [1.82, 2.24) is 0 Å². The third-order valence-corrected chi connectivity index (χ3v) is 3.16. The number of fused-ring (bicyclic) bond motifs is 3. The van der Waals surface area contributed by atoms with Crippen molar-refractivity contribution < 1.29 is 24.1 Å². The van der Waals surface area contributed by atoms with E-state index >= 15 is 0 Å². The summed E-state index contributed by atoms with van der Waals surface area (Å²) >= 11 is 0. The Morgan fingerprint density at radius 2 is 2.07 bits per heavy atom. The molecule has 84 valence electrons. The Balaban J connectivity index is 1.70. The van der Waals surface area contributed by atoms with Crippen molar-refractivity contribution in [2.75, 3.05) is 0 Å². The van der Waals surface area contributed by atoms with Gasteiger partial charge in [0.2, 0.25) is 0 Å². The van der Waals surface area contributed by atoms with Crippen LogP contribution in [-0.4, -0.2) is 47.7 Å². The van der Waals surface area contributed by atoms with Crippen LogP contribution < -0.4 is 0 Å². The lowest BCUT2D eigenvalue weighted by Crippen LogP contribution is -2.28. The monoisotopic (exact) mass is 214 g/mol. The van der Waals surface area contributed by atoms with E-state index in [9.17, 15) is 9.90 Å². The lowest BCUT2D eigenvalue weighted by molar-refractivity contribution is -0.151. The molecule has 3 aliphatic rings. The van der Waals surface area contributed by atoms with Crippen molar-refractivity contribution in [3.05, 3.63) is 0 Å². The second-order valence-corrected chi connectivity index (χ2v) is 4.51. The molecule has 3 heterocycles. The van der Waals surface area contributed by atoms with Crippen molar-refractivity contribution in [3.8, 4) is 0 Å². The molecule has 0 unspecified atom stereocenters. The Hall–Kier alpha value is -0.650. The van der Waals surface area contributed by atoms with Crippen LogP contribution in [0, 0.1) is 0 Å². The Kier molecular flexibility index (Phi) is 2.02. The summed E-state index contributed by atoms with van der Waals surface area (Å²) in [5, 5.41) is 9.65. The van der Waals surface area contributed by atoms with Crippen molar-refractivity contribution in [2.24, 2.45) is 0 Å². The number of hydrogen-bond acceptors (Lipinski definition) is 5. The zero-order chi connectivity index (χ0) is 10.6. The van der Waals surface area contributed by atoms with Gasteiger partial charge in [0.05, 0.1) is 18.6 Å². The molecule has 0 saturated carbocycles. The lowest BCUT2D eigenvalue weighted by atomic mass is 10.0. The van der Waals surface area contributed by atoms with Crippen LogP contribution in [0.15, 0.2) is 0 Å². The third kappa shape index (κ3) is 1.75. The number of aliphatic hydroxyl groups excluding tert-OH is 1. The van der Waals surface area contributed by atoms with Gasteiger partial charge < -0.3 is 19.3 Å². The van der Waals surface area contributed by atoms with Crippen LogP contribution in [0.4, 0.5) is 0 Å². The summed E-state index contributed by atoms with van der Waals surface area (Å²) in [7, 11) is 0. The third-order valence-electron chi connectivity index (χ3n) is 3.16. The molecule has 0 aromatic carbocycles. The minimum atomic E-state index is -0.752. The molecule has 3 saturated heterocycles. The number of rotatable bonds is 0. The fraction of sp³-hybridized carbons (Fsp3) is 0.900. The van der Waals surface area contributed by atoms with Crippen molar-refractivity contribution in [2.45, 2.75) is 56.4 Å². The van der Waals surface area contributed by atoms with Gasteiger partial charge in [-0.25, -0.2) is 0 Å². The molecule has 15 heavy (non-hydrogen) atoms. The highest BCUT2D eigenvalue weighted by atomic mass is 16.7. The normalized spacial score (nSPS) is 53.6. The van der Waals surface area contributed by atoms with Crippen molar-refractivity contribution in [3.63, 3.8) is 0 Å². The van der Waals surface area contributed by atoms with Gasteiger partial charge in [0.15, 0.2) is 0 Å². The summed E-state index contributed by atoms with van der Waals surface area (Å²) in [5.74, 6) is -0.358. The van der Waals surface area contributed by atoms with E-state index in [-0.39, 0.29) is 42.9 Å². The highest BCUT2D eigenvalue weighted by Gasteiger charge is 2.60. The van der Waals surface area contributed by atoms with Crippen LogP contribution in [0.3, 0.4) is 0 Å². The van der Waals surface area contributed by atoms with Crippen LogP contribution in [0.5, 0.6) is 0 Å². The second-order valence-electron chi connectivity index (χ2n) is 4.51. The van der Waals surface area contributed by atoms with Crippen LogP contribution in [0.1, 0.15) is 19.8 Å². The zero-order valence-electron chi connectivity index (χ0n) is 8.46. The summed E-state index contributed by atoms with van der Waals surface area (Å²) in [4.78, 5) is 11.3. The van der Waals surface area contributed by atoms with Crippen molar-refractivity contribution >= 4 is 5.97 Å². The molecule has 1 N–H and O–H groups in total. The van der Waals surface area contributed by atoms with Gasteiger partial charge in [-0.2, -0.15) is 0 Å². The molecule has 3 rings (SSSR count). The van der Waals surface area contributed by atoms with E-state index in [0.717, 1.165) is 6.42 Å². The largest absolute Gasteiger partial charge is 0.462 e. The molecule has 0 amide bonds. The van der Waals surface area contributed by atoms with E-state index in [1.54, 1.807) is 0 Å². The summed E-state index contributed by atoms with van der Waals surface area (Å²) < 4.78 is 15.9.